The van der Waals surface area contributed by atoms with Crippen LogP contribution in [0, 0.1) is 17.2 Å². The molecule has 106 valence electrons. The predicted octanol–water partition coefficient (Wildman–Crippen LogP) is 3.01. The van der Waals surface area contributed by atoms with Gasteiger partial charge in [0.25, 0.3) is 0 Å². The van der Waals surface area contributed by atoms with Crippen molar-refractivity contribution in [3.8, 4) is 11.8 Å². The molecule has 1 aromatic rings. The van der Waals surface area contributed by atoms with Crippen molar-refractivity contribution >= 4 is 0 Å². The zero-order chi connectivity index (χ0) is 13.8. The van der Waals surface area contributed by atoms with Gasteiger partial charge in [-0.05, 0) is 49.3 Å². The van der Waals surface area contributed by atoms with Gasteiger partial charge in [0.15, 0.2) is 0 Å². The summed E-state index contributed by atoms with van der Waals surface area (Å²) in [6.07, 6.45) is 6.05. The Hall–Kier alpha value is -1.53. The normalized spacial score (nSPS) is 18.0. The first-order valence-electron chi connectivity index (χ1n) is 7.68. The van der Waals surface area contributed by atoms with Crippen LogP contribution in [0.5, 0.6) is 5.75 Å². The number of hydrogen-bond acceptors (Lipinski definition) is 3. The molecule has 20 heavy (non-hydrogen) atoms. The summed E-state index contributed by atoms with van der Waals surface area (Å²) in [6.45, 7) is 3.08. The monoisotopic (exact) mass is 270 g/mol. The van der Waals surface area contributed by atoms with E-state index in [1.807, 2.05) is 24.3 Å². The van der Waals surface area contributed by atoms with E-state index in [1.54, 1.807) is 0 Å². The second-order valence-electron chi connectivity index (χ2n) is 6.00. The second-order valence-corrected chi connectivity index (χ2v) is 6.00. The maximum atomic E-state index is 8.64. The Labute approximate surface area is 121 Å². The number of nitriles is 1. The third-order valence-corrected chi connectivity index (χ3v) is 4.11. The summed E-state index contributed by atoms with van der Waals surface area (Å²) in [5, 5.41) is 8.64. The van der Waals surface area contributed by atoms with Crippen LogP contribution in [0.2, 0.25) is 0 Å². The van der Waals surface area contributed by atoms with E-state index in [4.69, 9.17) is 10.00 Å². The Bertz CT molecular complexity index is 469. The van der Waals surface area contributed by atoms with Gasteiger partial charge in [0.2, 0.25) is 0 Å². The van der Waals surface area contributed by atoms with Crippen molar-refractivity contribution in [2.45, 2.75) is 38.1 Å². The molecule has 0 bridgehead atoms. The van der Waals surface area contributed by atoms with E-state index in [-0.39, 0.29) is 0 Å². The molecule has 0 radical (unpaired) electrons. The molecule has 0 aromatic heterocycles. The van der Waals surface area contributed by atoms with E-state index in [9.17, 15) is 0 Å². The average molecular weight is 270 g/mol. The zero-order valence-electron chi connectivity index (χ0n) is 11.9. The summed E-state index contributed by atoms with van der Waals surface area (Å²) in [5.74, 6) is 1.87. The van der Waals surface area contributed by atoms with E-state index in [2.05, 4.69) is 11.0 Å². The standard InChI is InChI=1S/C17H22N2O/c18-10-9-14-3-7-17(8-4-14)20-12-11-19(16-5-6-16)13-15-1-2-15/h3-4,7-8,15-16H,1-2,5-6,9,11-13H2. The van der Waals surface area contributed by atoms with Crippen LogP contribution in [0.3, 0.4) is 0 Å². The Morgan fingerprint density at radius 2 is 1.90 bits per heavy atom. The molecule has 3 nitrogen and oxygen atoms in total. The minimum atomic E-state index is 0.469. The fourth-order valence-electron chi connectivity index (χ4n) is 2.57. The van der Waals surface area contributed by atoms with Crippen molar-refractivity contribution in [2.75, 3.05) is 19.7 Å². The van der Waals surface area contributed by atoms with Crippen LogP contribution in [0.15, 0.2) is 24.3 Å². The van der Waals surface area contributed by atoms with Crippen molar-refractivity contribution in [3.63, 3.8) is 0 Å². The lowest BCUT2D eigenvalue weighted by Crippen LogP contribution is -2.32. The average Bonchev–Trinajstić information content (AvgIpc) is 3.34. The Kier molecular flexibility index (Phi) is 4.22. The van der Waals surface area contributed by atoms with Gasteiger partial charge in [-0.3, -0.25) is 4.90 Å². The lowest BCUT2D eigenvalue weighted by Gasteiger charge is -2.21. The molecule has 2 fully saturated rings. The molecule has 0 unspecified atom stereocenters. The molecule has 0 aliphatic heterocycles. The summed E-state index contributed by atoms with van der Waals surface area (Å²) in [4.78, 5) is 2.61. The van der Waals surface area contributed by atoms with Crippen LogP contribution in [-0.4, -0.2) is 30.6 Å². The molecule has 3 rings (SSSR count). The van der Waals surface area contributed by atoms with E-state index in [0.717, 1.165) is 36.4 Å². The molecular formula is C17H22N2O. The van der Waals surface area contributed by atoms with Gasteiger partial charge in [0, 0.05) is 19.1 Å². The van der Waals surface area contributed by atoms with Crippen LogP contribution in [0.25, 0.3) is 0 Å². The third kappa shape index (κ3) is 3.98. The lowest BCUT2D eigenvalue weighted by atomic mass is 10.2. The molecule has 1 aromatic carbocycles. The van der Waals surface area contributed by atoms with Gasteiger partial charge in [0.05, 0.1) is 12.5 Å². The third-order valence-electron chi connectivity index (χ3n) is 4.11. The molecule has 0 saturated heterocycles. The van der Waals surface area contributed by atoms with Gasteiger partial charge in [-0.1, -0.05) is 12.1 Å². The largest absolute Gasteiger partial charge is 0.492 e. The molecule has 3 heteroatoms. The van der Waals surface area contributed by atoms with Gasteiger partial charge in [-0.15, -0.1) is 0 Å². The number of benzene rings is 1. The zero-order valence-corrected chi connectivity index (χ0v) is 11.9. The smallest absolute Gasteiger partial charge is 0.119 e. The topological polar surface area (TPSA) is 36.3 Å². The Morgan fingerprint density at radius 1 is 1.15 bits per heavy atom. The molecule has 2 saturated carbocycles. The highest BCUT2D eigenvalue weighted by Crippen LogP contribution is 2.34. The van der Waals surface area contributed by atoms with E-state index in [1.165, 1.54) is 32.2 Å². The molecule has 0 amide bonds. The number of ether oxygens (including phenoxy) is 1. The summed E-state index contributed by atoms with van der Waals surface area (Å²) < 4.78 is 5.82. The maximum absolute atomic E-state index is 8.64. The SMILES string of the molecule is N#CCc1ccc(OCCN(CC2CC2)C2CC2)cc1. The minimum Gasteiger partial charge on any atom is -0.492 e. The highest BCUT2D eigenvalue weighted by Gasteiger charge is 2.33. The highest BCUT2D eigenvalue weighted by atomic mass is 16.5. The van der Waals surface area contributed by atoms with Crippen LogP contribution in [-0.2, 0) is 6.42 Å². The molecule has 2 aliphatic carbocycles. The van der Waals surface area contributed by atoms with Crippen molar-refractivity contribution in [3.05, 3.63) is 29.8 Å². The van der Waals surface area contributed by atoms with Crippen molar-refractivity contribution in [2.24, 2.45) is 5.92 Å². The van der Waals surface area contributed by atoms with Gasteiger partial charge < -0.3 is 4.74 Å². The molecule has 0 spiro atoms. The lowest BCUT2D eigenvalue weighted by molar-refractivity contribution is 0.195. The predicted molar refractivity (Wildman–Crippen MR) is 78.6 cm³/mol. The molecular weight excluding hydrogens is 248 g/mol. The molecule has 2 aliphatic rings. The Morgan fingerprint density at radius 3 is 2.50 bits per heavy atom. The molecule has 0 N–H and O–H groups in total. The summed E-state index contributed by atoms with van der Waals surface area (Å²) in [6, 6.07) is 10.9. The van der Waals surface area contributed by atoms with Crippen LogP contribution < -0.4 is 4.74 Å². The van der Waals surface area contributed by atoms with Gasteiger partial charge >= 0.3 is 0 Å². The van der Waals surface area contributed by atoms with Crippen molar-refractivity contribution in [1.82, 2.24) is 4.90 Å². The highest BCUT2D eigenvalue weighted by molar-refractivity contribution is 5.28. The van der Waals surface area contributed by atoms with E-state index >= 15 is 0 Å². The van der Waals surface area contributed by atoms with Gasteiger partial charge in [-0.2, -0.15) is 5.26 Å². The van der Waals surface area contributed by atoms with Crippen molar-refractivity contribution < 1.29 is 4.74 Å². The number of nitrogens with zero attached hydrogens (tertiary/aromatic N) is 2. The molecule has 0 heterocycles. The van der Waals surface area contributed by atoms with Gasteiger partial charge in [-0.25, -0.2) is 0 Å². The first-order valence-corrected chi connectivity index (χ1v) is 7.68. The maximum Gasteiger partial charge on any atom is 0.119 e. The fourth-order valence-corrected chi connectivity index (χ4v) is 2.57. The number of rotatable bonds is 8. The van der Waals surface area contributed by atoms with Gasteiger partial charge in [0.1, 0.15) is 12.4 Å². The fraction of sp³-hybridized carbons (Fsp3) is 0.588. The second kappa shape index (κ2) is 6.28. The first-order chi connectivity index (χ1) is 9.85. The summed E-state index contributed by atoms with van der Waals surface area (Å²) in [7, 11) is 0. The summed E-state index contributed by atoms with van der Waals surface area (Å²) in [5.41, 5.74) is 1.05. The first kappa shape index (κ1) is 13.5. The molecule has 0 atom stereocenters. The van der Waals surface area contributed by atoms with E-state index in [0.29, 0.717) is 6.42 Å². The van der Waals surface area contributed by atoms with E-state index < -0.39 is 0 Å². The Balaban J connectivity index is 1.42. The van der Waals surface area contributed by atoms with Crippen LogP contribution >= 0.6 is 0 Å². The van der Waals surface area contributed by atoms with Crippen molar-refractivity contribution in [1.29, 1.82) is 5.26 Å². The minimum absolute atomic E-state index is 0.469. The summed E-state index contributed by atoms with van der Waals surface area (Å²) >= 11 is 0. The van der Waals surface area contributed by atoms with Crippen LogP contribution in [0.4, 0.5) is 0 Å². The number of hydrogen-bond donors (Lipinski definition) is 0. The van der Waals surface area contributed by atoms with Crippen LogP contribution in [0.1, 0.15) is 31.2 Å². The quantitative estimate of drug-likeness (QED) is 0.728.